The first-order chi connectivity index (χ1) is 26.6. The van der Waals surface area contributed by atoms with E-state index in [4.69, 9.17) is 52.1 Å². The summed E-state index contributed by atoms with van der Waals surface area (Å²) in [5, 5.41) is 27.4. The van der Waals surface area contributed by atoms with Crippen LogP contribution in [0, 0.1) is 0 Å². The van der Waals surface area contributed by atoms with Gasteiger partial charge in [-0.2, -0.15) is 0 Å². The molecule has 276 valence electrons. The Morgan fingerprint density at radius 2 is 1.18 bits per heavy atom. The number of hydrogen-bond donors (Lipinski definition) is 4. The number of aromatic nitrogens is 4. The number of halogens is 4. The van der Waals surface area contributed by atoms with Crippen LogP contribution in [-0.2, 0) is 0 Å². The molecule has 4 heterocycles. The lowest BCUT2D eigenvalue weighted by atomic mass is 9.96. The summed E-state index contributed by atoms with van der Waals surface area (Å²) in [5.74, 6) is 1.58. The Balaban J connectivity index is 0.000000168. The second-order valence-electron chi connectivity index (χ2n) is 11.4. The molecule has 8 rings (SSSR count). The number of aromatic hydroxyl groups is 2. The maximum Gasteiger partial charge on any atom is 0.151 e. The van der Waals surface area contributed by atoms with Gasteiger partial charge in [-0.3, -0.25) is 14.8 Å². The highest BCUT2D eigenvalue weighted by atomic mass is 35.5. The van der Waals surface area contributed by atoms with Gasteiger partial charge in [-0.15, -0.1) is 0 Å². The quantitative estimate of drug-likeness (QED) is 0.125. The maximum atomic E-state index is 10.9. The summed E-state index contributed by atoms with van der Waals surface area (Å²) >= 11 is 23.7. The molecule has 0 radical (unpaired) electrons. The Hall–Kier alpha value is -5.97. The highest BCUT2D eigenvalue weighted by Gasteiger charge is 2.22. The zero-order valence-corrected chi connectivity index (χ0v) is 31.8. The minimum atomic E-state index is -0.434. The van der Waals surface area contributed by atoms with Crippen LogP contribution in [0.3, 0.4) is 0 Å². The summed E-state index contributed by atoms with van der Waals surface area (Å²) in [4.78, 5) is 26.6. The molecular formula is C42H32Cl4N6O3. The number of phenolic OH excluding ortho intramolecular Hbond substituents is 2. The lowest BCUT2D eigenvalue weighted by Crippen LogP contribution is -2.14. The van der Waals surface area contributed by atoms with Gasteiger partial charge in [0, 0.05) is 61.8 Å². The van der Waals surface area contributed by atoms with E-state index in [2.05, 4.69) is 25.3 Å². The molecule has 13 heteroatoms. The van der Waals surface area contributed by atoms with Crippen molar-refractivity contribution in [2.24, 2.45) is 0 Å². The fraction of sp³-hybridized carbons (Fsp3) is 0.0238. The number of para-hydroxylation sites is 1. The number of anilines is 2. The number of fused-ring (bicyclic) bond motifs is 2. The molecule has 0 fully saturated rings. The van der Waals surface area contributed by atoms with Crippen molar-refractivity contribution in [2.45, 2.75) is 6.04 Å². The van der Waals surface area contributed by atoms with E-state index in [1.54, 1.807) is 67.3 Å². The van der Waals surface area contributed by atoms with Crippen molar-refractivity contribution in [3.63, 3.8) is 0 Å². The Bertz CT molecular complexity index is 2490. The van der Waals surface area contributed by atoms with Gasteiger partial charge in [-0.25, -0.2) is 9.97 Å². The number of hydrogen-bond acceptors (Lipinski definition) is 9. The van der Waals surface area contributed by atoms with Crippen LogP contribution in [0.4, 0.5) is 11.6 Å². The number of carbonyl (C=O) groups excluding carboxylic acids is 1. The Kier molecular flexibility index (Phi) is 14.6. The average molecular weight is 811 g/mol. The van der Waals surface area contributed by atoms with Crippen molar-refractivity contribution in [2.75, 3.05) is 11.1 Å². The van der Waals surface area contributed by atoms with Gasteiger partial charge >= 0.3 is 0 Å². The van der Waals surface area contributed by atoms with Crippen LogP contribution in [0.1, 0.15) is 27.5 Å². The van der Waals surface area contributed by atoms with Crippen LogP contribution in [0.15, 0.2) is 152 Å². The molecule has 0 spiro atoms. The van der Waals surface area contributed by atoms with Crippen molar-refractivity contribution in [3.8, 4) is 11.5 Å². The van der Waals surface area contributed by atoms with E-state index in [1.165, 1.54) is 6.07 Å². The van der Waals surface area contributed by atoms with Crippen LogP contribution in [0.2, 0.25) is 20.1 Å². The number of nitrogens with one attached hydrogen (secondary N) is 1. The molecule has 5 N–H and O–H groups in total. The van der Waals surface area contributed by atoms with E-state index in [0.717, 1.165) is 16.3 Å². The zero-order chi connectivity index (χ0) is 39.2. The van der Waals surface area contributed by atoms with Crippen LogP contribution in [0.25, 0.3) is 21.8 Å². The predicted molar refractivity (Wildman–Crippen MR) is 223 cm³/mol. The van der Waals surface area contributed by atoms with E-state index in [-0.39, 0.29) is 11.5 Å². The zero-order valence-electron chi connectivity index (χ0n) is 28.8. The lowest BCUT2D eigenvalue weighted by Gasteiger charge is -2.23. The predicted octanol–water partition coefficient (Wildman–Crippen LogP) is 11.3. The second kappa shape index (κ2) is 19.9. The molecule has 0 aliphatic rings. The monoisotopic (exact) mass is 808 g/mol. The van der Waals surface area contributed by atoms with Gasteiger partial charge in [0.25, 0.3) is 0 Å². The summed E-state index contributed by atoms with van der Waals surface area (Å²) in [6.45, 7) is 0. The van der Waals surface area contributed by atoms with E-state index in [9.17, 15) is 15.0 Å². The van der Waals surface area contributed by atoms with Crippen molar-refractivity contribution >= 4 is 86.1 Å². The average Bonchev–Trinajstić information content (AvgIpc) is 3.19. The fourth-order valence-corrected chi connectivity index (χ4v) is 6.06. The molecule has 0 saturated heterocycles. The Labute approximate surface area is 337 Å². The molecule has 1 atom stereocenters. The number of pyridine rings is 4. The van der Waals surface area contributed by atoms with E-state index < -0.39 is 6.04 Å². The molecule has 0 amide bonds. The van der Waals surface area contributed by atoms with Gasteiger partial charge in [-0.05, 0) is 78.4 Å². The normalized spacial score (nSPS) is 10.8. The van der Waals surface area contributed by atoms with Gasteiger partial charge in [0.15, 0.2) is 6.29 Å². The van der Waals surface area contributed by atoms with Crippen LogP contribution in [-0.4, -0.2) is 36.4 Å². The summed E-state index contributed by atoms with van der Waals surface area (Å²) in [6.07, 6.45) is 7.38. The number of rotatable bonds is 5. The summed E-state index contributed by atoms with van der Waals surface area (Å²) in [7, 11) is 0. The molecule has 9 nitrogen and oxygen atoms in total. The number of nitrogens with zero attached hydrogens (tertiary/aromatic N) is 4. The molecule has 55 heavy (non-hydrogen) atoms. The smallest absolute Gasteiger partial charge is 0.151 e. The number of benzene rings is 4. The van der Waals surface area contributed by atoms with Crippen molar-refractivity contribution in [1.82, 2.24) is 19.9 Å². The number of nitrogens with two attached hydrogens (primary N) is 1. The second-order valence-corrected chi connectivity index (χ2v) is 13.1. The van der Waals surface area contributed by atoms with Gasteiger partial charge in [-0.1, -0.05) is 101 Å². The molecule has 4 aromatic carbocycles. The summed E-state index contributed by atoms with van der Waals surface area (Å²) in [6, 6.07) is 37.3. The van der Waals surface area contributed by atoms with E-state index in [0.29, 0.717) is 60.2 Å². The number of aldehydes is 1. The molecule has 0 bridgehead atoms. The number of carbonyl (C=O) groups is 1. The topological polar surface area (TPSA) is 147 Å². The molecule has 0 saturated carbocycles. The molecule has 4 aromatic heterocycles. The third kappa shape index (κ3) is 11.3. The van der Waals surface area contributed by atoms with Gasteiger partial charge in [0.1, 0.15) is 34.2 Å². The fourth-order valence-electron chi connectivity index (χ4n) is 5.09. The standard InChI is InChI=1S/C21H15Cl2N3O.C9H7NO.C7H4Cl2O.C5H6N2/c22-14-7-9-15(17(23)12-14)20(26-18-5-1-2-10-24-18)16-8-6-13-4-3-11-25-19(13)21(16)27;11-8-5-1-3-7-4-2-6-10-9(7)8;8-6-2-1-5(4-10)7(9)3-6;6-5-3-1-2-4-7-5/h1-12,20,27H,(H,24,26);1-6,11H;1-4H;1-4H,(H2,6,7). The summed E-state index contributed by atoms with van der Waals surface area (Å²) < 4.78 is 0. The van der Waals surface area contributed by atoms with Crippen molar-refractivity contribution < 1.29 is 15.0 Å². The first-order valence-corrected chi connectivity index (χ1v) is 17.9. The van der Waals surface area contributed by atoms with Crippen LogP contribution < -0.4 is 11.1 Å². The van der Waals surface area contributed by atoms with Gasteiger partial charge in [0.05, 0.1) is 11.1 Å². The van der Waals surface area contributed by atoms with Crippen LogP contribution in [0.5, 0.6) is 11.5 Å². The maximum absolute atomic E-state index is 10.9. The summed E-state index contributed by atoms with van der Waals surface area (Å²) in [5.41, 5.74) is 8.33. The van der Waals surface area contributed by atoms with E-state index >= 15 is 0 Å². The minimum absolute atomic E-state index is 0.104. The van der Waals surface area contributed by atoms with Gasteiger partial charge < -0.3 is 21.3 Å². The number of phenols is 2. The molecule has 1 unspecified atom stereocenters. The minimum Gasteiger partial charge on any atom is -0.506 e. The largest absolute Gasteiger partial charge is 0.506 e. The SMILES string of the molecule is Nc1ccccn1.O=Cc1ccc(Cl)cc1Cl.Oc1c(C(Nc2ccccn2)c2ccc(Cl)cc2Cl)ccc2cccnc12.Oc1cccc2cccnc12. The molecular weight excluding hydrogens is 778 g/mol. The highest BCUT2D eigenvalue weighted by molar-refractivity contribution is 6.36. The van der Waals surface area contributed by atoms with Gasteiger partial charge in [0.2, 0.25) is 0 Å². The molecule has 0 aliphatic carbocycles. The number of nitrogen functional groups attached to an aromatic ring is 1. The van der Waals surface area contributed by atoms with Crippen LogP contribution >= 0.6 is 46.4 Å². The van der Waals surface area contributed by atoms with Crippen molar-refractivity contribution in [1.29, 1.82) is 0 Å². The first-order valence-electron chi connectivity index (χ1n) is 16.4. The van der Waals surface area contributed by atoms with Crippen molar-refractivity contribution in [3.05, 3.63) is 189 Å². The third-order valence-corrected chi connectivity index (χ3v) is 8.83. The first kappa shape index (κ1) is 40.2. The lowest BCUT2D eigenvalue weighted by molar-refractivity contribution is 0.112. The Morgan fingerprint density at radius 3 is 1.76 bits per heavy atom. The molecule has 8 aromatic rings. The Morgan fingerprint density at radius 1 is 0.582 bits per heavy atom. The van der Waals surface area contributed by atoms with E-state index in [1.807, 2.05) is 78.9 Å². The molecule has 0 aliphatic heterocycles. The third-order valence-electron chi connectivity index (χ3n) is 7.71. The highest BCUT2D eigenvalue weighted by Crippen LogP contribution is 2.39.